The lowest BCUT2D eigenvalue weighted by atomic mass is 10.1. The summed E-state index contributed by atoms with van der Waals surface area (Å²) in [6.45, 7) is 6.93. The Balaban J connectivity index is 2.16. The van der Waals surface area contributed by atoms with E-state index in [1.165, 1.54) is 12.1 Å². The number of tetrazole rings is 1. The lowest BCUT2D eigenvalue weighted by Gasteiger charge is -2.25. The zero-order chi connectivity index (χ0) is 16.1. The summed E-state index contributed by atoms with van der Waals surface area (Å²) in [5.41, 5.74) is 1.16. The molecule has 1 aromatic carbocycles. The molecule has 0 aliphatic rings. The Morgan fingerprint density at radius 1 is 1.41 bits per heavy atom. The first-order valence-electron chi connectivity index (χ1n) is 7.25. The van der Waals surface area contributed by atoms with Crippen LogP contribution < -0.4 is 0 Å². The number of H-pyrrole nitrogens is 1. The fraction of sp³-hybridized carbons (Fsp3) is 0.467. The second-order valence-electron chi connectivity index (χ2n) is 5.68. The minimum Gasteiger partial charge on any atom is -0.338 e. The van der Waals surface area contributed by atoms with Gasteiger partial charge in [-0.1, -0.05) is 25.1 Å². The first kappa shape index (κ1) is 16.1. The van der Waals surface area contributed by atoms with Crippen molar-refractivity contribution in [2.75, 3.05) is 13.1 Å². The van der Waals surface area contributed by atoms with Crippen LogP contribution >= 0.6 is 0 Å². The number of amides is 1. The number of hydrogen-bond acceptors (Lipinski definition) is 4. The number of aromatic amines is 1. The van der Waals surface area contributed by atoms with Crippen molar-refractivity contribution < 1.29 is 9.18 Å². The predicted molar refractivity (Wildman–Crippen MR) is 79.8 cm³/mol. The molecule has 0 radical (unpaired) electrons. The molecule has 0 spiro atoms. The molecule has 2 rings (SSSR count). The van der Waals surface area contributed by atoms with Crippen LogP contribution in [0.1, 0.15) is 35.6 Å². The minimum absolute atomic E-state index is 0.172. The van der Waals surface area contributed by atoms with E-state index in [1.807, 2.05) is 13.8 Å². The van der Waals surface area contributed by atoms with Gasteiger partial charge in [0.25, 0.3) is 5.91 Å². The molecule has 1 heterocycles. The van der Waals surface area contributed by atoms with Gasteiger partial charge in [-0.2, -0.15) is 5.21 Å². The number of benzene rings is 1. The lowest BCUT2D eigenvalue weighted by Crippen LogP contribution is -2.36. The van der Waals surface area contributed by atoms with Crippen molar-refractivity contribution in [1.29, 1.82) is 0 Å². The molecule has 6 nitrogen and oxygen atoms in total. The maximum Gasteiger partial charge on any atom is 0.254 e. The monoisotopic (exact) mass is 305 g/mol. The number of halogens is 1. The summed E-state index contributed by atoms with van der Waals surface area (Å²) < 4.78 is 13.4. The van der Waals surface area contributed by atoms with Crippen molar-refractivity contribution in [1.82, 2.24) is 25.5 Å². The summed E-state index contributed by atoms with van der Waals surface area (Å²) in [7, 11) is 0. The van der Waals surface area contributed by atoms with Gasteiger partial charge in [0.2, 0.25) is 0 Å². The van der Waals surface area contributed by atoms with Gasteiger partial charge in [0.15, 0.2) is 5.82 Å². The summed E-state index contributed by atoms with van der Waals surface area (Å²) in [4.78, 5) is 14.4. The molecule has 0 saturated carbocycles. The van der Waals surface area contributed by atoms with Crippen LogP contribution in [-0.4, -0.2) is 44.5 Å². The summed E-state index contributed by atoms with van der Waals surface area (Å²) in [5.74, 6) is 0.284. The van der Waals surface area contributed by atoms with Crippen molar-refractivity contribution in [3.8, 4) is 0 Å². The van der Waals surface area contributed by atoms with Crippen LogP contribution in [0.25, 0.3) is 0 Å². The summed E-state index contributed by atoms with van der Waals surface area (Å²) >= 11 is 0. The van der Waals surface area contributed by atoms with Crippen LogP contribution in [0.3, 0.4) is 0 Å². The van der Waals surface area contributed by atoms with E-state index in [0.717, 1.165) is 5.56 Å². The van der Waals surface area contributed by atoms with Crippen molar-refractivity contribution in [3.63, 3.8) is 0 Å². The quantitative estimate of drug-likeness (QED) is 0.885. The van der Waals surface area contributed by atoms with Crippen molar-refractivity contribution in [2.45, 2.75) is 27.2 Å². The Kier molecular flexibility index (Phi) is 5.19. The molecular weight excluding hydrogens is 285 g/mol. The van der Waals surface area contributed by atoms with Gasteiger partial charge < -0.3 is 4.90 Å². The van der Waals surface area contributed by atoms with Crippen molar-refractivity contribution in [3.05, 3.63) is 41.0 Å². The van der Waals surface area contributed by atoms with Gasteiger partial charge >= 0.3 is 0 Å². The van der Waals surface area contributed by atoms with E-state index in [9.17, 15) is 9.18 Å². The molecule has 22 heavy (non-hydrogen) atoms. The zero-order valence-corrected chi connectivity index (χ0v) is 13.0. The fourth-order valence-corrected chi connectivity index (χ4v) is 2.23. The molecule has 2 aromatic rings. The van der Waals surface area contributed by atoms with Crippen molar-refractivity contribution in [2.24, 2.45) is 5.92 Å². The molecule has 1 amide bonds. The summed E-state index contributed by atoms with van der Waals surface area (Å²) in [6, 6.07) is 4.27. The number of aromatic nitrogens is 4. The lowest BCUT2D eigenvalue weighted by molar-refractivity contribution is 0.0736. The van der Waals surface area contributed by atoms with Crippen LogP contribution in [0, 0.1) is 18.7 Å². The van der Waals surface area contributed by atoms with E-state index in [0.29, 0.717) is 36.8 Å². The molecule has 0 aliphatic carbocycles. The third kappa shape index (κ3) is 4.09. The molecule has 0 fully saturated rings. The van der Waals surface area contributed by atoms with E-state index >= 15 is 0 Å². The average molecular weight is 305 g/mol. The van der Waals surface area contributed by atoms with Crippen LogP contribution in [0.4, 0.5) is 4.39 Å². The SMILES string of the molecule is Cc1ccc(F)cc1C(=O)N(CCc1nn[nH]n1)CC(C)C. The van der Waals surface area contributed by atoms with Crippen LogP contribution in [0.5, 0.6) is 0 Å². The first-order valence-corrected chi connectivity index (χ1v) is 7.25. The molecule has 0 saturated heterocycles. The Morgan fingerprint density at radius 2 is 2.18 bits per heavy atom. The Morgan fingerprint density at radius 3 is 2.82 bits per heavy atom. The Hall–Kier alpha value is -2.31. The molecule has 0 unspecified atom stereocenters. The number of hydrogen-bond donors (Lipinski definition) is 1. The van der Waals surface area contributed by atoms with Gasteiger partial charge in [0, 0.05) is 25.1 Å². The number of carbonyl (C=O) groups excluding carboxylic acids is 1. The highest BCUT2D eigenvalue weighted by Gasteiger charge is 2.19. The highest BCUT2D eigenvalue weighted by molar-refractivity contribution is 5.95. The molecule has 118 valence electrons. The average Bonchev–Trinajstić information content (AvgIpc) is 2.98. The highest BCUT2D eigenvalue weighted by Crippen LogP contribution is 2.14. The molecule has 0 atom stereocenters. The van der Waals surface area contributed by atoms with E-state index in [-0.39, 0.29) is 5.91 Å². The second kappa shape index (κ2) is 7.11. The number of aryl methyl sites for hydroxylation is 1. The van der Waals surface area contributed by atoms with Crippen LogP contribution in [0.2, 0.25) is 0 Å². The molecular formula is C15H20FN5O. The topological polar surface area (TPSA) is 74.8 Å². The summed E-state index contributed by atoms with van der Waals surface area (Å²) in [5, 5.41) is 13.7. The van der Waals surface area contributed by atoms with E-state index < -0.39 is 5.82 Å². The van der Waals surface area contributed by atoms with Gasteiger partial charge in [-0.3, -0.25) is 4.79 Å². The second-order valence-corrected chi connectivity index (χ2v) is 5.68. The number of rotatable bonds is 6. The van der Waals surface area contributed by atoms with Crippen molar-refractivity contribution >= 4 is 5.91 Å². The normalized spacial score (nSPS) is 11.0. The standard InChI is InChI=1S/C15H20FN5O/c1-10(2)9-21(7-6-14-17-19-20-18-14)15(22)13-8-12(16)5-4-11(13)3/h4-5,8,10H,6-7,9H2,1-3H3,(H,17,18,19,20). The third-order valence-electron chi connectivity index (χ3n) is 3.30. The fourth-order valence-electron chi connectivity index (χ4n) is 2.23. The number of nitrogens with one attached hydrogen (secondary N) is 1. The molecule has 0 aliphatic heterocycles. The Bertz CT molecular complexity index is 627. The van der Waals surface area contributed by atoms with Gasteiger partial charge in [0.1, 0.15) is 5.82 Å². The van der Waals surface area contributed by atoms with Gasteiger partial charge in [-0.25, -0.2) is 4.39 Å². The maximum absolute atomic E-state index is 13.4. The van der Waals surface area contributed by atoms with Gasteiger partial charge in [-0.05, 0) is 30.5 Å². The van der Waals surface area contributed by atoms with Gasteiger partial charge in [-0.15, -0.1) is 10.2 Å². The molecule has 1 N–H and O–H groups in total. The minimum atomic E-state index is -0.406. The predicted octanol–water partition coefficient (Wildman–Crippen LogP) is 1.99. The molecule has 7 heteroatoms. The smallest absolute Gasteiger partial charge is 0.254 e. The van der Waals surface area contributed by atoms with Gasteiger partial charge in [0.05, 0.1) is 0 Å². The Labute approximate surface area is 128 Å². The van der Waals surface area contributed by atoms with Crippen LogP contribution in [-0.2, 0) is 6.42 Å². The number of nitrogens with zero attached hydrogens (tertiary/aromatic N) is 4. The zero-order valence-electron chi connectivity index (χ0n) is 13.0. The van der Waals surface area contributed by atoms with E-state index in [2.05, 4.69) is 20.6 Å². The van der Waals surface area contributed by atoms with E-state index in [1.54, 1.807) is 17.9 Å². The third-order valence-corrected chi connectivity index (χ3v) is 3.30. The molecule has 1 aromatic heterocycles. The van der Waals surface area contributed by atoms with E-state index in [4.69, 9.17) is 0 Å². The largest absolute Gasteiger partial charge is 0.338 e. The molecule has 0 bridgehead atoms. The highest BCUT2D eigenvalue weighted by atomic mass is 19.1. The summed E-state index contributed by atoms with van der Waals surface area (Å²) in [6.07, 6.45) is 0.503. The first-order chi connectivity index (χ1) is 10.5. The van der Waals surface area contributed by atoms with Crippen LogP contribution in [0.15, 0.2) is 18.2 Å². The maximum atomic E-state index is 13.4. The number of carbonyl (C=O) groups is 1.